The molecule has 0 saturated heterocycles. The summed E-state index contributed by atoms with van der Waals surface area (Å²) in [6.45, 7) is 1.95. The van der Waals surface area contributed by atoms with Gasteiger partial charge in [0, 0.05) is 25.1 Å². The zero-order valence-electron chi connectivity index (χ0n) is 9.88. The maximum absolute atomic E-state index is 6.19. The summed E-state index contributed by atoms with van der Waals surface area (Å²) in [5.41, 5.74) is 9.08. The van der Waals surface area contributed by atoms with Gasteiger partial charge < -0.3 is 5.73 Å². The first-order valence-corrected chi connectivity index (χ1v) is 7.65. The Bertz CT molecular complexity index is 579. The van der Waals surface area contributed by atoms with Crippen LogP contribution in [0.1, 0.15) is 23.0 Å². The van der Waals surface area contributed by atoms with Gasteiger partial charge in [0.2, 0.25) is 0 Å². The second-order valence-corrected chi connectivity index (χ2v) is 7.14. The molecule has 7 heteroatoms. The smallest absolute Gasteiger partial charge is 0.0992 e. The van der Waals surface area contributed by atoms with Gasteiger partial charge in [-0.05, 0) is 28.9 Å². The molecule has 0 aliphatic rings. The standard InChI is InChI=1S/C11H12BrCl2N3S/c1-5-10(12)8(17(2)16-5)4-7(15)6-3-9(13)18-11(6)14/h3,7H,4,15H2,1-2H3. The molecule has 0 fully saturated rings. The summed E-state index contributed by atoms with van der Waals surface area (Å²) in [6, 6.07) is 1.64. The molecule has 2 heterocycles. The molecule has 2 aromatic rings. The van der Waals surface area contributed by atoms with Crippen molar-refractivity contribution in [2.75, 3.05) is 0 Å². The number of nitrogens with two attached hydrogens (primary N) is 1. The third kappa shape index (κ3) is 2.75. The highest BCUT2D eigenvalue weighted by Gasteiger charge is 2.18. The van der Waals surface area contributed by atoms with E-state index in [4.69, 9.17) is 28.9 Å². The highest BCUT2D eigenvalue weighted by molar-refractivity contribution is 9.10. The van der Waals surface area contributed by atoms with Gasteiger partial charge in [-0.3, -0.25) is 4.68 Å². The number of hydrogen-bond donors (Lipinski definition) is 1. The molecule has 2 aromatic heterocycles. The molecular formula is C11H12BrCl2N3S. The third-order valence-corrected chi connectivity index (χ3v) is 5.31. The first-order chi connectivity index (χ1) is 8.40. The molecule has 0 radical (unpaired) electrons. The number of aryl methyl sites for hydroxylation is 2. The summed E-state index contributed by atoms with van der Waals surface area (Å²) in [6.07, 6.45) is 0.657. The van der Waals surface area contributed by atoms with Crippen LogP contribution >= 0.6 is 50.5 Å². The molecule has 0 saturated carbocycles. The van der Waals surface area contributed by atoms with Crippen LogP contribution in [0.4, 0.5) is 0 Å². The predicted octanol–water partition coefficient (Wildman–Crippen LogP) is 4.10. The van der Waals surface area contributed by atoms with E-state index in [0.717, 1.165) is 21.4 Å². The Labute approximate surface area is 128 Å². The van der Waals surface area contributed by atoms with Crippen molar-refractivity contribution >= 4 is 50.5 Å². The quantitative estimate of drug-likeness (QED) is 0.886. The Morgan fingerprint density at radius 3 is 2.67 bits per heavy atom. The van der Waals surface area contributed by atoms with Gasteiger partial charge in [0.1, 0.15) is 0 Å². The molecule has 0 spiro atoms. The molecule has 3 nitrogen and oxygen atoms in total. The van der Waals surface area contributed by atoms with Crippen molar-refractivity contribution in [3.63, 3.8) is 0 Å². The van der Waals surface area contributed by atoms with Crippen molar-refractivity contribution < 1.29 is 0 Å². The largest absolute Gasteiger partial charge is 0.324 e. The van der Waals surface area contributed by atoms with E-state index >= 15 is 0 Å². The maximum Gasteiger partial charge on any atom is 0.0992 e. The van der Waals surface area contributed by atoms with Gasteiger partial charge in [-0.15, -0.1) is 11.3 Å². The van der Waals surface area contributed by atoms with Gasteiger partial charge >= 0.3 is 0 Å². The second kappa shape index (κ2) is 5.51. The Morgan fingerprint density at radius 2 is 2.22 bits per heavy atom. The summed E-state index contributed by atoms with van der Waals surface area (Å²) in [4.78, 5) is 0. The molecule has 2 N–H and O–H groups in total. The van der Waals surface area contributed by atoms with E-state index < -0.39 is 0 Å². The molecule has 2 rings (SSSR count). The van der Waals surface area contributed by atoms with Crippen LogP contribution in [0, 0.1) is 6.92 Å². The average molecular weight is 369 g/mol. The van der Waals surface area contributed by atoms with E-state index in [0.29, 0.717) is 15.1 Å². The van der Waals surface area contributed by atoms with Crippen molar-refractivity contribution in [1.29, 1.82) is 0 Å². The summed E-state index contributed by atoms with van der Waals surface area (Å²) in [7, 11) is 1.90. The monoisotopic (exact) mass is 367 g/mol. The van der Waals surface area contributed by atoms with Gasteiger partial charge in [0.15, 0.2) is 0 Å². The zero-order valence-corrected chi connectivity index (χ0v) is 13.8. The molecule has 1 unspecified atom stereocenters. The van der Waals surface area contributed by atoms with Gasteiger partial charge in [0.05, 0.1) is 24.5 Å². The minimum Gasteiger partial charge on any atom is -0.324 e. The fourth-order valence-corrected chi connectivity index (χ4v) is 3.92. The SMILES string of the molecule is Cc1nn(C)c(CC(N)c2cc(Cl)sc2Cl)c1Br. The fraction of sp³-hybridized carbons (Fsp3) is 0.364. The lowest BCUT2D eigenvalue weighted by atomic mass is 10.1. The molecule has 0 aromatic carbocycles. The van der Waals surface area contributed by atoms with Gasteiger partial charge in [-0.2, -0.15) is 5.10 Å². The van der Waals surface area contributed by atoms with E-state index in [-0.39, 0.29) is 6.04 Å². The third-order valence-electron chi connectivity index (χ3n) is 2.76. The van der Waals surface area contributed by atoms with Gasteiger partial charge in [0.25, 0.3) is 0 Å². The Kier molecular flexibility index (Phi) is 4.39. The predicted molar refractivity (Wildman–Crippen MR) is 80.6 cm³/mol. The van der Waals surface area contributed by atoms with Crippen LogP contribution in [0.3, 0.4) is 0 Å². The maximum atomic E-state index is 6.19. The molecule has 18 heavy (non-hydrogen) atoms. The van der Waals surface area contributed by atoms with Crippen molar-refractivity contribution in [2.24, 2.45) is 12.8 Å². The van der Waals surface area contributed by atoms with Crippen LogP contribution in [0.5, 0.6) is 0 Å². The number of aromatic nitrogens is 2. The van der Waals surface area contributed by atoms with Crippen molar-refractivity contribution in [3.05, 3.63) is 36.2 Å². The topological polar surface area (TPSA) is 43.8 Å². The highest BCUT2D eigenvalue weighted by Crippen LogP contribution is 2.36. The number of hydrogen-bond acceptors (Lipinski definition) is 3. The summed E-state index contributed by atoms with van der Waals surface area (Å²) in [5.74, 6) is 0. The molecule has 0 amide bonds. The van der Waals surface area contributed by atoms with Crippen molar-refractivity contribution in [1.82, 2.24) is 9.78 Å². The number of thiophene rings is 1. The van der Waals surface area contributed by atoms with Crippen LogP contribution in [0.25, 0.3) is 0 Å². The minimum atomic E-state index is -0.188. The van der Waals surface area contributed by atoms with E-state index in [1.54, 1.807) is 0 Å². The first-order valence-electron chi connectivity index (χ1n) is 5.28. The zero-order chi connectivity index (χ0) is 13.4. The number of rotatable bonds is 3. The van der Waals surface area contributed by atoms with Crippen molar-refractivity contribution in [2.45, 2.75) is 19.4 Å². The molecule has 0 bridgehead atoms. The van der Waals surface area contributed by atoms with Crippen molar-refractivity contribution in [3.8, 4) is 0 Å². The first kappa shape index (κ1) is 14.3. The van der Waals surface area contributed by atoms with E-state index in [1.807, 2.05) is 24.7 Å². The fourth-order valence-electron chi connectivity index (χ4n) is 1.83. The lowest BCUT2D eigenvalue weighted by Gasteiger charge is -2.11. The summed E-state index contributed by atoms with van der Waals surface area (Å²) in [5, 5.41) is 4.34. The van der Waals surface area contributed by atoms with Crippen LogP contribution in [0.15, 0.2) is 10.5 Å². The Hall–Kier alpha value is -0.0700. The summed E-state index contributed by atoms with van der Waals surface area (Å²) < 4.78 is 4.15. The number of nitrogens with zero attached hydrogens (tertiary/aromatic N) is 2. The average Bonchev–Trinajstić information content (AvgIpc) is 2.73. The summed E-state index contributed by atoms with van der Waals surface area (Å²) >= 11 is 16.9. The van der Waals surface area contributed by atoms with Crippen LogP contribution < -0.4 is 5.73 Å². The molecular weight excluding hydrogens is 357 g/mol. The molecule has 1 atom stereocenters. The van der Waals surface area contributed by atoms with E-state index in [1.165, 1.54) is 11.3 Å². The normalized spacial score (nSPS) is 13.0. The molecule has 0 aliphatic heterocycles. The van der Waals surface area contributed by atoms with E-state index in [2.05, 4.69) is 21.0 Å². The lowest BCUT2D eigenvalue weighted by molar-refractivity contribution is 0.639. The van der Waals surface area contributed by atoms with Crippen LogP contribution in [-0.2, 0) is 13.5 Å². The van der Waals surface area contributed by atoms with Gasteiger partial charge in [-0.1, -0.05) is 23.2 Å². The lowest BCUT2D eigenvalue weighted by Crippen LogP contribution is -2.15. The Morgan fingerprint density at radius 1 is 1.56 bits per heavy atom. The molecule has 98 valence electrons. The number of halogens is 3. The van der Waals surface area contributed by atoms with Crippen LogP contribution in [-0.4, -0.2) is 9.78 Å². The van der Waals surface area contributed by atoms with Crippen LogP contribution in [0.2, 0.25) is 8.67 Å². The van der Waals surface area contributed by atoms with E-state index in [9.17, 15) is 0 Å². The van der Waals surface area contributed by atoms with Gasteiger partial charge in [-0.25, -0.2) is 0 Å². The second-order valence-electron chi connectivity index (χ2n) is 4.06. The Balaban J connectivity index is 2.26. The molecule has 0 aliphatic carbocycles. The highest BCUT2D eigenvalue weighted by atomic mass is 79.9. The minimum absolute atomic E-state index is 0.188.